The van der Waals surface area contributed by atoms with Crippen LogP contribution in [0.3, 0.4) is 0 Å². The van der Waals surface area contributed by atoms with Crippen molar-refractivity contribution < 1.29 is 28.5 Å². The average Bonchev–Trinajstić information content (AvgIpc) is 2.83. The first-order valence-electron chi connectivity index (χ1n) is 10.0. The highest BCUT2D eigenvalue weighted by atomic mass is 35.5. The Balaban J connectivity index is 2.20. The predicted octanol–water partition coefficient (Wildman–Crippen LogP) is 4.33. The minimum Gasteiger partial charge on any atom is -0.479 e. The van der Waals surface area contributed by atoms with Crippen molar-refractivity contribution in [2.45, 2.75) is 12.8 Å². The Morgan fingerprint density at radius 1 is 1.18 bits per heavy atom. The monoisotopic (exact) mass is 502 g/mol. The number of carbonyl (C=O) groups is 2. The second-order valence-corrected chi connectivity index (χ2v) is 7.75. The van der Waals surface area contributed by atoms with Crippen LogP contribution in [0.4, 0.5) is 0 Å². The number of benzene rings is 2. The van der Waals surface area contributed by atoms with Crippen molar-refractivity contribution in [1.82, 2.24) is 0 Å². The van der Waals surface area contributed by atoms with Crippen LogP contribution < -0.4 is 10.5 Å². The zero-order valence-corrected chi connectivity index (χ0v) is 19.8. The number of ether oxygens (including phenoxy) is 4. The fraction of sp³-hybridized carbons (Fsp3) is 0.208. The summed E-state index contributed by atoms with van der Waals surface area (Å²) < 4.78 is 20.9. The van der Waals surface area contributed by atoms with Gasteiger partial charge in [-0.1, -0.05) is 53.5 Å². The van der Waals surface area contributed by atoms with E-state index in [1.165, 1.54) is 19.2 Å². The summed E-state index contributed by atoms with van der Waals surface area (Å²) in [6, 6.07) is 13.8. The van der Waals surface area contributed by atoms with Gasteiger partial charge in [0.2, 0.25) is 5.88 Å². The molecule has 8 nitrogen and oxygen atoms in total. The highest BCUT2D eigenvalue weighted by Gasteiger charge is 2.38. The van der Waals surface area contributed by atoms with E-state index < -0.39 is 24.5 Å². The first-order chi connectivity index (χ1) is 16.3. The summed E-state index contributed by atoms with van der Waals surface area (Å²) in [6.07, 6.45) is 0. The maximum absolute atomic E-state index is 13.1. The molecule has 0 saturated heterocycles. The molecule has 10 heteroatoms. The number of hydrogen-bond acceptors (Lipinski definition) is 8. The van der Waals surface area contributed by atoms with Crippen molar-refractivity contribution in [2.24, 2.45) is 5.73 Å². The fourth-order valence-corrected chi connectivity index (χ4v) is 4.00. The number of allylic oxidation sites excluding steroid dienone is 1. The molecule has 2 aromatic carbocycles. The maximum atomic E-state index is 13.1. The van der Waals surface area contributed by atoms with Crippen LogP contribution in [-0.4, -0.2) is 32.3 Å². The van der Waals surface area contributed by atoms with E-state index in [9.17, 15) is 14.9 Å². The highest BCUT2D eigenvalue weighted by molar-refractivity contribution is 6.37. The third-order valence-corrected chi connectivity index (χ3v) is 5.43. The van der Waals surface area contributed by atoms with E-state index in [0.29, 0.717) is 11.1 Å². The van der Waals surface area contributed by atoms with Crippen LogP contribution in [0.2, 0.25) is 10.0 Å². The third kappa shape index (κ3) is 5.11. The first kappa shape index (κ1) is 25.0. The lowest BCUT2D eigenvalue weighted by Gasteiger charge is -2.28. The van der Waals surface area contributed by atoms with E-state index in [4.69, 9.17) is 43.1 Å². The van der Waals surface area contributed by atoms with Crippen LogP contribution in [0.5, 0.6) is 5.75 Å². The Morgan fingerprint density at radius 2 is 1.82 bits per heavy atom. The van der Waals surface area contributed by atoms with Crippen LogP contribution >= 0.6 is 23.2 Å². The highest BCUT2D eigenvalue weighted by Crippen LogP contribution is 2.46. The molecule has 2 N–H and O–H groups in total. The van der Waals surface area contributed by atoms with E-state index in [1.807, 2.05) is 6.07 Å². The molecule has 1 heterocycles. The molecular weight excluding hydrogens is 483 g/mol. The number of nitrogens with zero attached hydrogens (tertiary/aromatic N) is 1. The van der Waals surface area contributed by atoms with Gasteiger partial charge in [0.15, 0.2) is 12.4 Å². The Bertz CT molecular complexity index is 1190. The number of esters is 2. The lowest BCUT2D eigenvalue weighted by molar-refractivity contribution is -0.143. The van der Waals surface area contributed by atoms with Crippen molar-refractivity contribution in [3.63, 3.8) is 0 Å². The molecule has 1 aliphatic heterocycles. The van der Waals surface area contributed by atoms with Gasteiger partial charge in [-0.05, 0) is 24.6 Å². The Hall–Kier alpha value is -3.67. The van der Waals surface area contributed by atoms with Gasteiger partial charge in [0.05, 0.1) is 35.3 Å². The van der Waals surface area contributed by atoms with Crippen molar-refractivity contribution in [3.05, 3.63) is 80.7 Å². The Morgan fingerprint density at radius 3 is 2.38 bits per heavy atom. The first-order valence-corrected chi connectivity index (χ1v) is 10.8. The molecule has 2 aromatic rings. The smallest absolute Gasteiger partial charge is 0.343 e. The number of halogens is 2. The molecule has 0 fully saturated rings. The van der Waals surface area contributed by atoms with Crippen LogP contribution in [0.25, 0.3) is 5.76 Å². The van der Waals surface area contributed by atoms with E-state index in [2.05, 4.69) is 4.74 Å². The summed E-state index contributed by atoms with van der Waals surface area (Å²) in [7, 11) is 1.22. The van der Waals surface area contributed by atoms with Crippen molar-refractivity contribution >= 4 is 40.9 Å². The minimum atomic E-state index is -0.988. The number of carbonyl (C=O) groups excluding carboxylic acids is 2. The van der Waals surface area contributed by atoms with Gasteiger partial charge in [-0.2, -0.15) is 5.26 Å². The summed E-state index contributed by atoms with van der Waals surface area (Å²) in [5.41, 5.74) is 7.07. The molecule has 0 aliphatic carbocycles. The lowest BCUT2D eigenvalue weighted by Crippen LogP contribution is -2.26. The predicted molar refractivity (Wildman–Crippen MR) is 125 cm³/mol. The largest absolute Gasteiger partial charge is 0.479 e. The molecule has 0 saturated carbocycles. The van der Waals surface area contributed by atoms with Crippen LogP contribution in [0.15, 0.2) is 59.5 Å². The zero-order chi connectivity index (χ0) is 24.8. The average molecular weight is 503 g/mol. The Labute approximate surface area is 206 Å². The molecule has 0 amide bonds. The molecule has 176 valence electrons. The van der Waals surface area contributed by atoms with Gasteiger partial charge in [-0.25, -0.2) is 9.59 Å². The van der Waals surface area contributed by atoms with E-state index in [-0.39, 0.29) is 45.2 Å². The van der Waals surface area contributed by atoms with Gasteiger partial charge in [0, 0.05) is 5.56 Å². The number of nitrogens with two attached hydrogens (primary N) is 1. The summed E-state index contributed by atoms with van der Waals surface area (Å²) in [5, 5.41) is 9.97. The molecule has 34 heavy (non-hydrogen) atoms. The van der Waals surface area contributed by atoms with Gasteiger partial charge in [-0.15, -0.1) is 0 Å². The summed E-state index contributed by atoms with van der Waals surface area (Å²) in [6.45, 7) is 1.35. The molecule has 1 atom stereocenters. The fourth-order valence-electron chi connectivity index (χ4n) is 3.39. The van der Waals surface area contributed by atoms with E-state index in [0.717, 1.165) is 0 Å². The van der Waals surface area contributed by atoms with Gasteiger partial charge >= 0.3 is 11.9 Å². The maximum Gasteiger partial charge on any atom is 0.343 e. The van der Waals surface area contributed by atoms with Gasteiger partial charge < -0.3 is 24.7 Å². The van der Waals surface area contributed by atoms with Crippen molar-refractivity contribution in [3.8, 4) is 11.8 Å². The van der Waals surface area contributed by atoms with Crippen LogP contribution in [0, 0.1) is 11.3 Å². The molecule has 1 aliphatic rings. The van der Waals surface area contributed by atoms with Crippen molar-refractivity contribution in [1.29, 1.82) is 5.26 Å². The third-order valence-electron chi connectivity index (χ3n) is 4.87. The minimum absolute atomic E-state index is 0.0157. The molecular formula is C24H20Cl2N2O6. The molecule has 3 rings (SSSR count). The number of nitriles is 1. The number of methoxy groups -OCH3 is 1. The van der Waals surface area contributed by atoms with Gasteiger partial charge in [-0.3, -0.25) is 0 Å². The lowest BCUT2D eigenvalue weighted by atomic mass is 9.82. The SMILES string of the molecule is CCOC(=O)C1=C(c2ccccc2)OC(N)=C(C#N)C1c1cc(Cl)c(OCC(=O)OC)c(Cl)c1. The second-order valence-electron chi connectivity index (χ2n) is 6.93. The van der Waals surface area contributed by atoms with Crippen LogP contribution in [-0.2, 0) is 23.8 Å². The van der Waals surface area contributed by atoms with Gasteiger partial charge in [0.1, 0.15) is 17.4 Å². The normalized spacial score (nSPS) is 15.3. The van der Waals surface area contributed by atoms with Gasteiger partial charge in [0.25, 0.3) is 0 Å². The molecule has 0 aromatic heterocycles. The van der Waals surface area contributed by atoms with E-state index >= 15 is 0 Å². The summed E-state index contributed by atoms with van der Waals surface area (Å²) in [4.78, 5) is 24.5. The molecule has 1 unspecified atom stereocenters. The number of rotatable bonds is 7. The Kier molecular flexibility index (Phi) is 8.05. The summed E-state index contributed by atoms with van der Waals surface area (Å²) in [5.74, 6) is -2.27. The summed E-state index contributed by atoms with van der Waals surface area (Å²) >= 11 is 12.8. The van der Waals surface area contributed by atoms with Crippen molar-refractivity contribution in [2.75, 3.05) is 20.3 Å². The molecule has 0 bridgehead atoms. The topological polar surface area (TPSA) is 121 Å². The standard InChI is InChI=1S/C24H20Cl2N2O6/c1-3-32-24(30)20-19(14-9-16(25)22(17(26)10-14)33-12-18(29)31-2)15(11-27)23(28)34-21(20)13-7-5-4-6-8-13/h4-10,19H,3,12,28H2,1-2H3. The van der Waals surface area contributed by atoms with E-state index in [1.54, 1.807) is 37.3 Å². The molecule has 0 radical (unpaired) electrons. The quantitative estimate of drug-likeness (QED) is 0.555. The zero-order valence-electron chi connectivity index (χ0n) is 18.3. The second kappa shape index (κ2) is 11.0. The number of hydrogen-bond donors (Lipinski definition) is 1. The molecule has 0 spiro atoms. The van der Waals surface area contributed by atoms with Crippen LogP contribution in [0.1, 0.15) is 24.0 Å².